The van der Waals surface area contributed by atoms with Crippen LogP contribution in [0.15, 0.2) is 48.8 Å². The molecule has 1 aliphatic carbocycles. The van der Waals surface area contributed by atoms with E-state index in [4.69, 9.17) is 9.47 Å². The van der Waals surface area contributed by atoms with Crippen molar-refractivity contribution in [2.45, 2.75) is 38.8 Å². The van der Waals surface area contributed by atoms with Gasteiger partial charge in [-0.3, -0.25) is 14.4 Å². The Balaban J connectivity index is 1.52. The number of benzene rings is 2. The van der Waals surface area contributed by atoms with Gasteiger partial charge >= 0.3 is 6.09 Å². The SMILES string of the molecule is COc1ccc(F)c(OC(=O)N2C[C@H](C)N(C(C)=O)c3ccc(-c4cnn(C5CC5)c4)cc32)c1. The molecule has 8 nitrogen and oxygen atoms in total. The topological polar surface area (TPSA) is 76.9 Å². The zero-order valence-corrected chi connectivity index (χ0v) is 19.2. The first kappa shape index (κ1) is 21.9. The van der Waals surface area contributed by atoms with Gasteiger partial charge in [0.25, 0.3) is 0 Å². The van der Waals surface area contributed by atoms with Crippen LogP contribution in [0, 0.1) is 5.82 Å². The number of anilines is 2. The second-order valence-electron chi connectivity index (χ2n) is 8.66. The molecule has 9 heteroatoms. The van der Waals surface area contributed by atoms with Gasteiger partial charge in [0.1, 0.15) is 5.75 Å². The summed E-state index contributed by atoms with van der Waals surface area (Å²) in [6, 6.07) is 9.68. The number of amides is 2. The number of hydrogen-bond donors (Lipinski definition) is 0. The van der Waals surface area contributed by atoms with Gasteiger partial charge in [0.2, 0.25) is 5.91 Å². The Labute approximate surface area is 196 Å². The number of hydrogen-bond acceptors (Lipinski definition) is 5. The van der Waals surface area contributed by atoms with Crippen molar-refractivity contribution in [3.63, 3.8) is 0 Å². The van der Waals surface area contributed by atoms with E-state index in [1.165, 1.54) is 37.1 Å². The lowest BCUT2D eigenvalue weighted by molar-refractivity contribution is -0.117. The third-order valence-corrected chi connectivity index (χ3v) is 6.16. The zero-order chi connectivity index (χ0) is 24.0. The minimum absolute atomic E-state index is 0.130. The fourth-order valence-electron chi connectivity index (χ4n) is 4.32. The molecule has 1 aromatic heterocycles. The summed E-state index contributed by atoms with van der Waals surface area (Å²) >= 11 is 0. The van der Waals surface area contributed by atoms with E-state index in [0.29, 0.717) is 23.2 Å². The van der Waals surface area contributed by atoms with Gasteiger partial charge in [-0.15, -0.1) is 0 Å². The van der Waals surface area contributed by atoms with Crippen LogP contribution in [0.2, 0.25) is 0 Å². The van der Waals surface area contributed by atoms with Crippen LogP contribution >= 0.6 is 0 Å². The normalized spacial score (nSPS) is 17.4. The molecule has 0 N–H and O–H groups in total. The number of nitrogens with zero attached hydrogens (tertiary/aromatic N) is 4. The molecule has 1 saturated carbocycles. The molecule has 2 aliphatic rings. The molecule has 34 heavy (non-hydrogen) atoms. The lowest BCUT2D eigenvalue weighted by Crippen LogP contribution is -2.52. The highest BCUT2D eigenvalue weighted by atomic mass is 19.1. The summed E-state index contributed by atoms with van der Waals surface area (Å²) < 4.78 is 26.8. The molecule has 0 saturated heterocycles. The number of aromatic nitrogens is 2. The van der Waals surface area contributed by atoms with Gasteiger partial charge < -0.3 is 14.4 Å². The van der Waals surface area contributed by atoms with E-state index in [1.54, 1.807) is 11.1 Å². The molecule has 0 radical (unpaired) electrons. The van der Waals surface area contributed by atoms with Crippen molar-refractivity contribution in [3.8, 4) is 22.6 Å². The molecule has 176 valence electrons. The van der Waals surface area contributed by atoms with Crippen molar-refractivity contribution < 1.29 is 23.5 Å². The van der Waals surface area contributed by atoms with E-state index in [0.717, 1.165) is 24.0 Å². The van der Waals surface area contributed by atoms with Crippen LogP contribution in [-0.2, 0) is 4.79 Å². The fourth-order valence-corrected chi connectivity index (χ4v) is 4.32. The summed E-state index contributed by atoms with van der Waals surface area (Å²) in [5.41, 5.74) is 2.87. The van der Waals surface area contributed by atoms with E-state index >= 15 is 0 Å². The molecule has 2 aromatic carbocycles. The summed E-state index contributed by atoms with van der Waals surface area (Å²) in [5, 5.41) is 4.45. The Morgan fingerprint density at radius 3 is 2.59 bits per heavy atom. The Kier molecular flexibility index (Phi) is 5.47. The average molecular weight is 464 g/mol. The lowest BCUT2D eigenvalue weighted by atomic mass is 10.0. The third-order valence-electron chi connectivity index (χ3n) is 6.16. The van der Waals surface area contributed by atoms with Gasteiger partial charge in [-0.05, 0) is 49.6 Å². The lowest BCUT2D eigenvalue weighted by Gasteiger charge is -2.40. The van der Waals surface area contributed by atoms with Crippen LogP contribution in [0.25, 0.3) is 11.1 Å². The minimum Gasteiger partial charge on any atom is -0.497 e. The second kappa shape index (κ2) is 8.48. The predicted molar refractivity (Wildman–Crippen MR) is 125 cm³/mol. The molecule has 3 aromatic rings. The van der Waals surface area contributed by atoms with Gasteiger partial charge in [-0.1, -0.05) is 6.07 Å². The summed E-state index contributed by atoms with van der Waals surface area (Å²) in [6.45, 7) is 3.54. The Bertz CT molecular complexity index is 1270. The number of halogens is 1. The van der Waals surface area contributed by atoms with Crippen molar-refractivity contribution in [1.29, 1.82) is 0 Å². The highest BCUT2D eigenvalue weighted by Gasteiger charge is 2.35. The number of ether oxygens (including phenoxy) is 2. The van der Waals surface area contributed by atoms with Crippen molar-refractivity contribution in [2.24, 2.45) is 0 Å². The van der Waals surface area contributed by atoms with E-state index in [2.05, 4.69) is 5.10 Å². The van der Waals surface area contributed by atoms with Crippen LogP contribution in [0.1, 0.15) is 32.7 Å². The molecule has 1 atom stereocenters. The molecule has 5 rings (SSSR count). The van der Waals surface area contributed by atoms with Crippen LogP contribution < -0.4 is 19.3 Å². The largest absolute Gasteiger partial charge is 0.497 e. The van der Waals surface area contributed by atoms with Crippen LogP contribution in [0.3, 0.4) is 0 Å². The molecule has 2 amide bonds. The summed E-state index contributed by atoms with van der Waals surface area (Å²) in [7, 11) is 1.45. The number of carbonyl (C=O) groups excluding carboxylic acids is 2. The van der Waals surface area contributed by atoms with Crippen LogP contribution in [0.5, 0.6) is 11.5 Å². The van der Waals surface area contributed by atoms with E-state index in [9.17, 15) is 14.0 Å². The van der Waals surface area contributed by atoms with Gasteiger partial charge in [-0.25, -0.2) is 9.18 Å². The number of methoxy groups -OCH3 is 1. The fraction of sp³-hybridized carbons (Fsp3) is 0.320. The number of fused-ring (bicyclic) bond motifs is 1. The average Bonchev–Trinajstić information content (AvgIpc) is 3.55. The number of rotatable bonds is 4. The molecule has 2 heterocycles. The van der Waals surface area contributed by atoms with E-state index < -0.39 is 11.9 Å². The van der Waals surface area contributed by atoms with Crippen molar-refractivity contribution in [3.05, 3.63) is 54.6 Å². The van der Waals surface area contributed by atoms with E-state index in [-0.39, 0.29) is 24.2 Å². The zero-order valence-electron chi connectivity index (χ0n) is 19.2. The maximum atomic E-state index is 14.3. The minimum atomic E-state index is -0.741. The first-order chi connectivity index (χ1) is 16.4. The third kappa shape index (κ3) is 3.98. The summed E-state index contributed by atoms with van der Waals surface area (Å²) in [6.07, 6.45) is 5.29. The standard InChI is InChI=1S/C25H25FN4O4/c1-15-13-28(25(32)34-24-11-20(33-3)7-8-21(24)26)23-10-17(4-9-22(23)30(15)16(2)31)18-12-27-29(14-18)19-5-6-19/h4,7-12,14-15,19H,5-6,13H2,1-3H3/t15-/m0/s1. The highest BCUT2D eigenvalue weighted by molar-refractivity contribution is 6.03. The molecule has 0 unspecified atom stereocenters. The van der Waals surface area contributed by atoms with Crippen molar-refractivity contribution >= 4 is 23.4 Å². The molecule has 0 spiro atoms. The molecule has 1 fully saturated rings. The number of carbonyl (C=O) groups is 2. The van der Waals surface area contributed by atoms with Crippen molar-refractivity contribution in [2.75, 3.05) is 23.5 Å². The summed E-state index contributed by atoms with van der Waals surface area (Å²) in [5.74, 6) is -0.662. The van der Waals surface area contributed by atoms with Crippen molar-refractivity contribution in [1.82, 2.24) is 9.78 Å². The van der Waals surface area contributed by atoms with Gasteiger partial charge in [-0.2, -0.15) is 5.10 Å². The molecular weight excluding hydrogens is 439 g/mol. The maximum Gasteiger partial charge on any atom is 0.419 e. The van der Waals surface area contributed by atoms with Crippen LogP contribution in [0.4, 0.5) is 20.6 Å². The van der Waals surface area contributed by atoms with Crippen LogP contribution in [-0.4, -0.2) is 41.5 Å². The molecule has 1 aliphatic heterocycles. The van der Waals surface area contributed by atoms with Gasteiger partial charge in [0.05, 0.1) is 36.8 Å². The smallest absolute Gasteiger partial charge is 0.419 e. The van der Waals surface area contributed by atoms with Gasteiger partial charge in [0.15, 0.2) is 11.6 Å². The Morgan fingerprint density at radius 1 is 1.09 bits per heavy atom. The summed E-state index contributed by atoms with van der Waals surface area (Å²) in [4.78, 5) is 28.7. The maximum absolute atomic E-state index is 14.3. The highest BCUT2D eigenvalue weighted by Crippen LogP contribution is 2.40. The quantitative estimate of drug-likeness (QED) is 0.555. The first-order valence-electron chi connectivity index (χ1n) is 11.2. The molecule has 0 bridgehead atoms. The molecular formula is C25H25FN4O4. The van der Waals surface area contributed by atoms with E-state index in [1.807, 2.05) is 36.0 Å². The predicted octanol–water partition coefficient (Wildman–Crippen LogP) is 4.79. The van der Waals surface area contributed by atoms with Gasteiger partial charge in [0, 0.05) is 31.3 Å². The first-order valence-corrected chi connectivity index (χ1v) is 11.2. The monoisotopic (exact) mass is 464 g/mol. The Morgan fingerprint density at radius 2 is 1.88 bits per heavy atom. The second-order valence-corrected chi connectivity index (χ2v) is 8.66. The Hall–Kier alpha value is -3.88.